The Bertz CT molecular complexity index is 1200. The molecule has 29 heavy (non-hydrogen) atoms. The molecule has 6 heteroatoms. The predicted octanol–water partition coefficient (Wildman–Crippen LogP) is 5.94. The average Bonchev–Trinajstić information content (AvgIpc) is 2.76. The summed E-state index contributed by atoms with van der Waals surface area (Å²) in [7, 11) is 1.63. The standard InChI is InChI=1S/C23H17BrO5/c1-26-16-8-6-15(7-9-16)13-27-17-10-11-18-21(12-17)28-14-22(23(18)25)29-20-5-3-2-4-19(20)24/h2-12,14H,13H2,1H3. The fraction of sp³-hybridized carbons (Fsp3) is 0.0870. The Kier molecular flexibility index (Phi) is 5.53. The summed E-state index contributed by atoms with van der Waals surface area (Å²) in [6.07, 6.45) is 1.32. The van der Waals surface area contributed by atoms with E-state index in [1.165, 1.54) is 6.26 Å². The molecule has 0 unspecified atom stereocenters. The average molecular weight is 453 g/mol. The van der Waals surface area contributed by atoms with Crippen LogP contribution >= 0.6 is 15.9 Å². The maximum Gasteiger partial charge on any atom is 0.235 e. The van der Waals surface area contributed by atoms with E-state index in [1.807, 2.05) is 42.5 Å². The highest BCUT2D eigenvalue weighted by molar-refractivity contribution is 9.10. The number of hydrogen-bond donors (Lipinski definition) is 0. The summed E-state index contributed by atoms with van der Waals surface area (Å²) in [6, 6.07) is 20.0. The fourth-order valence-electron chi connectivity index (χ4n) is 2.79. The molecule has 4 rings (SSSR count). The van der Waals surface area contributed by atoms with Crippen molar-refractivity contribution in [2.24, 2.45) is 0 Å². The van der Waals surface area contributed by atoms with Gasteiger partial charge in [0.25, 0.3) is 0 Å². The van der Waals surface area contributed by atoms with Crippen LogP contribution in [0.3, 0.4) is 0 Å². The summed E-state index contributed by atoms with van der Waals surface area (Å²) >= 11 is 3.40. The van der Waals surface area contributed by atoms with Crippen molar-refractivity contribution in [3.63, 3.8) is 0 Å². The summed E-state index contributed by atoms with van der Waals surface area (Å²) < 4.78 is 23.0. The maximum absolute atomic E-state index is 12.7. The van der Waals surface area contributed by atoms with Gasteiger partial charge in [-0.25, -0.2) is 0 Å². The van der Waals surface area contributed by atoms with Gasteiger partial charge in [-0.2, -0.15) is 0 Å². The smallest absolute Gasteiger partial charge is 0.235 e. The largest absolute Gasteiger partial charge is 0.497 e. The van der Waals surface area contributed by atoms with Gasteiger partial charge in [0.15, 0.2) is 0 Å². The lowest BCUT2D eigenvalue weighted by atomic mass is 10.2. The minimum Gasteiger partial charge on any atom is -0.497 e. The lowest BCUT2D eigenvalue weighted by Crippen LogP contribution is -2.05. The molecule has 5 nitrogen and oxygen atoms in total. The van der Waals surface area contributed by atoms with Gasteiger partial charge in [0.2, 0.25) is 11.2 Å². The van der Waals surface area contributed by atoms with Crippen LogP contribution in [0.1, 0.15) is 5.56 Å². The van der Waals surface area contributed by atoms with Gasteiger partial charge in [-0.15, -0.1) is 0 Å². The van der Waals surface area contributed by atoms with Gasteiger partial charge in [0, 0.05) is 6.07 Å². The molecular formula is C23H17BrO5. The van der Waals surface area contributed by atoms with E-state index in [1.54, 1.807) is 31.4 Å². The van der Waals surface area contributed by atoms with Gasteiger partial charge >= 0.3 is 0 Å². The van der Waals surface area contributed by atoms with Crippen molar-refractivity contribution in [3.05, 3.63) is 93.3 Å². The number of fused-ring (bicyclic) bond motifs is 1. The molecule has 3 aromatic carbocycles. The summed E-state index contributed by atoms with van der Waals surface area (Å²) in [6.45, 7) is 0.392. The second-order valence-corrected chi connectivity index (χ2v) is 7.11. The van der Waals surface area contributed by atoms with Gasteiger partial charge in [0.1, 0.15) is 35.7 Å². The third kappa shape index (κ3) is 4.27. The predicted molar refractivity (Wildman–Crippen MR) is 114 cm³/mol. The zero-order chi connectivity index (χ0) is 20.2. The molecule has 0 amide bonds. The van der Waals surface area contributed by atoms with Crippen LogP contribution < -0.4 is 19.6 Å². The van der Waals surface area contributed by atoms with E-state index in [0.29, 0.717) is 29.1 Å². The normalized spacial score (nSPS) is 10.7. The zero-order valence-electron chi connectivity index (χ0n) is 15.6. The third-order valence-electron chi connectivity index (χ3n) is 4.34. The number of para-hydroxylation sites is 1. The number of hydrogen-bond acceptors (Lipinski definition) is 5. The lowest BCUT2D eigenvalue weighted by Gasteiger charge is -2.09. The van der Waals surface area contributed by atoms with Crippen molar-refractivity contribution in [1.82, 2.24) is 0 Å². The molecule has 0 N–H and O–H groups in total. The van der Waals surface area contributed by atoms with E-state index in [2.05, 4.69) is 15.9 Å². The molecule has 0 spiro atoms. The molecule has 0 bridgehead atoms. The molecular weight excluding hydrogens is 436 g/mol. The van der Waals surface area contributed by atoms with Crippen molar-refractivity contribution in [2.75, 3.05) is 7.11 Å². The third-order valence-corrected chi connectivity index (χ3v) is 4.99. The summed E-state index contributed by atoms with van der Waals surface area (Å²) in [4.78, 5) is 12.7. The van der Waals surface area contributed by atoms with Crippen LogP contribution in [0.25, 0.3) is 11.0 Å². The molecule has 0 radical (unpaired) electrons. The van der Waals surface area contributed by atoms with Gasteiger partial charge in [-0.3, -0.25) is 4.79 Å². The van der Waals surface area contributed by atoms with Gasteiger partial charge < -0.3 is 18.6 Å². The zero-order valence-corrected chi connectivity index (χ0v) is 17.1. The highest BCUT2D eigenvalue weighted by Crippen LogP contribution is 2.29. The monoisotopic (exact) mass is 452 g/mol. The molecule has 0 aliphatic carbocycles. The van der Waals surface area contributed by atoms with Crippen molar-refractivity contribution in [2.45, 2.75) is 6.61 Å². The SMILES string of the molecule is COc1ccc(COc2ccc3c(=O)c(Oc4ccccc4Br)coc3c2)cc1. The Morgan fingerprint density at radius 3 is 2.45 bits per heavy atom. The minimum atomic E-state index is -0.247. The second kappa shape index (κ2) is 8.41. The maximum atomic E-state index is 12.7. The highest BCUT2D eigenvalue weighted by atomic mass is 79.9. The number of halogens is 1. The number of rotatable bonds is 6. The molecule has 0 fully saturated rings. The van der Waals surface area contributed by atoms with E-state index in [4.69, 9.17) is 18.6 Å². The van der Waals surface area contributed by atoms with Gasteiger partial charge in [-0.05, 0) is 57.9 Å². The minimum absolute atomic E-state index is 0.122. The molecule has 0 aliphatic rings. The Labute approximate surface area is 175 Å². The van der Waals surface area contributed by atoms with E-state index in [-0.39, 0.29) is 11.2 Å². The van der Waals surface area contributed by atoms with Crippen LogP contribution in [0.5, 0.6) is 23.0 Å². The quantitative estimate of drug-likeness (QED) is 0.362. The van der Waals surface area contributed by atoms with E-state index >= 15 is 0 Å². The molecule has 1 aromatic heterocycles. The summed E-state index contributed by atoms with van der Waals surface area (Å²) in [5.74, 6) is 2.06. The van der Waals surface area contributed by atoms with Crippen LogP contribution in [0.15, 0.2) is 86.7 Å². The van der Waals surface area contributed by atoms with Crippen molar-refractivity contribution < 1.29 is 18.6 Å². The fourth-order valence-corrected chi connectivity index (χ4v) is 3.15. The van der Waals surface area contributed by atoms with Crippen molar-refractivity contribution in [3.8, 4) is 23.0 Å². The van der Waals surface area contributed by atoms with E-state index < -0.39 is 0 Å². The Morgan fingerprint density at radius 1 is 0.931 bits per heavy atom. The molecule has 0 saturated heterocycles. The Morgan fingerprint density at radius 2 is 1.69 bits per heavy atom. The first-order chi connectivity index (χ1) is 14.1. The van der Waals surface area contributed by atoms with Gasteiger partial charge in [0.05, 0.1) is 17.0 Å². The van der Waals surface area contributed by atoms with Crippen LogP contribution in [0.4, 0.5) is 0 Å². The van der Waals surface area contributed by atoms with Crippen LogP contribution in [0, 0.1) is 0 Å². The van der Waals surface area contributed by atoms with E-state index in [9.17, 15) is 4.79 Å². The second-order valence-electron chi connectivity index (χ2n) is 6.26. The molecule has 0 atom stereocenters. The number of ether oxygens (including phenoxy) is 3. The molecule has 1 heterocycles. The molecule has 146 valence electrons. The van der Waals surface area contributed by atoms with Crippen LogP contribution in [-0.4, -0.2) is 7.11 Å². The number of methoxy groups -OCH3 is 1. The highest BCUT2D eigenvalue weighted by Gasteiger charge is 2.11. The molecule has 0 saturated carbocycles. The first-order valence-electron chi connectivity index (χ1n) is 8.88. The van der Waals surface area contributed by atoms with Gasteiger partial charge in [-0.1, -0.05) is 24.3 Å². The molecule has 0 aliphatic heterocycles. The van der Waals surface area contributed by atoms with E-state index in [0.717, 1.165) is 15.8 Å². The first kappa shape index (κ1) is 19.1. The Hall–Kier alpha value is -3.25. The number of benzene rings is 3. The molecule has 4 aromatic rings. The lowest BCUT2D eigenvalue weighted by molar-refractivity contribution is 0.306. The van der Waals surface area contributed by atoms with Crippen LogP contribution in [-0.2, 0) is 6.61 Å². The topological polar surface area (TPSA) is 57.9 Å². The van der Waals surface area contributed by atoms with Crippen molar-refractivity contribution >= 4 is 26.9 Å². The van der Waals surface area contributed by atoms with Crippen molar-refractivity contribution in [1.29, 1.82) is 0 Å². The Balaban J connectivity index is 1.53. The first-order valence-corrected chi connectivity index (χ1v) is 9.67. The van der Waals surface area contributed by atoms with Crippen LogP contribution in [0.2, 0.25) is 0 Å². The summed E-state index contributed by atoms with van der Waals surface area (Å²) in [5, 5.41) is 0.423. The summed E-state index contributed by atoms with van der Waals surface area (Å²) in [5.41, 5.74) is 1.19.